The van der Waals surface area contributed by atoms with E-state index in [0.29, 0.717) is 5.92 Å². The second kappa shape index (κ2) is 7.82. The first kappa shape index (κ1) is 15.5. The lowest BCUT2D eigenvalue weighted by Gasteiger charge is -2.19. The van der Waals surface area contributed by atoms with E-state index >= 15 is 0 Å². The minimum absolute atomic E-state index is 0.0555. The summed E-state index contributed by atoms with van der Waals surface area (Å²) in [5.74, 6) is 1.33. The third-order valence-corrected chi connectivity index (χ3v) is 2.99. The first-order chi connectivity index (χ1) is 8.99. The quantitative estimate of drug-likeness (QED) is 0.819. The summed E-state index contributed by atoms with van der Waals surface area (Å²) in [5.41, 5.74) is 0. The Morgan fingerprint density at radius 2 is 1.74 bits per heavy atom. The highest BCUT2D eigenvalue weighted by Gasteiger charge is 2.16. The molecule has 1 N–H and O–H groups in total. The zero-order valence-corrected chi connectivity index (χ0v) is 12.3. The predicted molar refractivity (Wildman–Crippen MR) is 78.2 cm³/mol. The van der Waals surface area contributed by atoms with Gasteiger partial charge in [0.25, 0.3) is 5.91 Å². The number of hydrogen-bond acceptors (Lipinski definition) is 2. The van der Waals surface area contributed by atoms with E-state index in [2.05, 4.69) is 19.2 Å². The highest BCUT2D eigenvalue weighted by atomic mass is 16.5. The van der Waals surface area contributed by atoms with E-state index < -0.39 is 6.10 Å². The van der Waals surface area contributed by atoms with Crippen LogP contribution in [-0.4, -0.2) is 18.1 Å². The molecule has 0 aliphatic rings. The van der Waals surface area contributed by atoms with Crippen LogP contribution in [0.1, 0.15) is 40.5 Å². The molecule has 0 heterocycles. The first-order valence-electron chi connectivity index (χ1n) is 7.01. The van der Waals surface area contributed by atoms with Crippen LogP contribution in [0.25, 0.3) is 0 Å². The number of nitrogens with one attached hydrogen (secondary N) is 1. The van der Waals surface area contributed by atoms with E-state index in [0.717, 1.165) is 18.6 Å². The summed E-state index contributed by atoms with van der Waals surface area (Å²) in [6.07, 6.45) is 1.65. The van der Waals surface area contributed by atoms with Gasteiger partial charge in [-0.15, -0.1) is 0 Å². The number of benzene rings is 1. The van der Waals surface area contributed by atoms with E-state index in [1.165, 1.54) is 0 Å². The molecule has 0 aromatic heterocycles. The maximum atomic E-state index is 12.0. The van der Waals surface area contributed by atoms with E-state index in [-0.39, 0.29) is 11.9 Å². The van der Waals surface area contributed by atoms with Gasteiger partial charge in [0.2, 0.25) is 0 Å². The van der Waals surface area contributed by atoms with Crippen molar-refractivity contribution in [3.05, 3.63) is 30.3 Å². The van der Waals surface area contributed by atoms with Crippen LogP contribution >= 0.6 is 0 Å². The lowest BCUT2D eigenvalue weighted by atomic mass is 10.0. The molecule has 2 atom stereocenters. The third-order valence-electron chi connectivity index (χ3n) is 2.99. The molecule has 1 aromatic rings. The van der Waals surface area contributed by atoms with Gasteiger partial charge in [-0.2, -0.15) is 0 Å². The molecule has 19 heavy (non-hydrogen) atoms. The maximum Gasteiger partial charge on any atom is 0.260 e. The maximum absolute atomic E-state index is 12.0. The van der Waals surface area contributed by atoms with Crippen LogP contribution in [0.2, 0.25) is 0 Å². The Labute approximate surface area is 116 Å². The summed E-state index contributed by atoms with van der Waals surface area (Å²) in [5, 5.41) is 2.99. The summed E-state index contributed by atoms with van der Waals surface area (Å²) < 4.78 is 5.59. The Morgan fingerprint density at radius 3 is 2.32 bits per heavy atom. The summed E-state index contributed by atoms with van der Waals surface area (Å²) >= 11 is 0. The SMILES string of the molecule is CC(C)CCC(C)NC(=O)C(C)Oc1ccccc1. The van der Waals surface area contributed by atoms with Gasteiger partial charge in [0.15, 0.2) is 6.10 Å². The van der Waals surface area contributed by atoms with Crippen molar-refractivity contribution in [3.63, 3.8) is 0 Å². The van der Waals surface area contributed by atoms with Crippen molar-refractivity contribution in [3.8, 4) is 5.75 Å². The first-order valence-corrected chi connectivity index (χ1v) is 7.01. The average molecular weight is 263 g/mol. The van der Waals surface area contributed by atoms with Crippen molar-refractivity contribution in [1.29, 1.82) is 0 Å². The fourth-order valence-corrected chi connectivity index (χ4v) is 1.77. The number of hydrogen-bond donors (Lipinski definition) is 1. The number of para-hydroxylation sites is 1. The molecule has 3 heteroatoms. The number of ether oxygens (including phenoxy) is 1. The Hall–Kier alpha value is -1.51. The molecule has 1 amide bonds. The van der Waals surface area contributed by atoms with Crippen molar-refractivity contribution in [2.75, 3.05) is 0 Å². The number of carbonyl (C=O) groups is 1. The van der Waals surface area contributed by atoms with Crippen molar-refractivity contribution in [2.45, 2.75) is 52.7 Å². The smallest absolute Gasteiger partial charge is 0.260 e. The zero-order valence-electron chi connectivity index (χ0n) is 12.3. The van der Waals surface area contributed by atoms with E-state index in [4.69, 9.17) is 4.74 Å². The normalized spacial score (nSPS) is 13.9. The molecule has 0 fully saturated rings. The molecule has 106 valence electrons. The van der Waals surface area contributed by atoms with E-state index in [1.807, 2.05) is 37.3 Å². The molecule has 0 bridgehead atoms. The molecule has 0 radical (unpaired) electrons. The fourth-order valence-electron chi connectivity index (χ4n) is 1.77. The summed E-state index contributed by atoms with van der Waals surface area (Å²) in [4.78, 5) is 12.0. The average Bonchev–Trinajstić information content (AvgIpc) is 2.37. The third kappa shape index (κ3) is 6.27. The second-order valence-electron chi connectivity index (χ2n) is 5.45. The molecule has 1 rings (SSSR count). The Kier molecular flexibility index (Phi) is 6.40. The molecule has 0 spiro atoms. The predicted octanol–water partition coefficient (Wildman–Crippen LogP) is 3.39. The van der Waals surface area contributed by atoms with Gasteiger partial charge in [-0.25, -0.2) is 0 Å². The lowest BCUT2D eigenvalue weighted by molar-refractivity contribution is -0.127. The number of rotatable bonds is 7. The van der Waals surface area contributed by atoms with E-state index in [1.54, 1.807) is 6.92 Å². The topological polar surface area (TPSA) is 38.3 Å². The Morgan fingerprint density at radius 1 is 1.11 bits per heavy atom. The van der Waals surface area contributed by atoms with Crippen molar-refractivity contribution < 1.29 is 9.53 Å². The minimum Gasteiger partial charge on any atom is -0.481 e. The van der Waals surface area contributed by atoms with Gasteiger partial charge in [0, 0.05) is 6.04 Å². The minimum atomic E-state index is -0.469. The van der Waals surface area contributed by atoms with Crippen LogP contribution in [0.15, 0.2) is 30.3 Å². The fraction of sp³-hybridized carbons (Fsp3) is 0.562. The van der Waals surface area contributed by atoms with Gasteiger partial charge < -0.3 is 10.1 Å². The molecular weight excluding hydrogens is 238 g/mol. The molecule has 3 nitrogen and oxygen atoms in total. The van der Waals surface area contributed by atoms with Crippen molar-refractivity contribution in [2.24, 2.45) is 5.92 Å². The molecule has 0 saturated carbocycles. The molecule has 2 unspecified atom stereocenters. The molecular formula is C16H25NO2. The van der Waals surface area contributed by atoms with Gasteiger partial charge in [-0.1, -0.05) is 32.0 Å². The highest BCUT2D eigenvalue weighted by molar-refractivity contribution is 5.80. The second-order valence-corrected chi connectivity index (χ2v) is 5.45. The largest absolute Gasteiger partial charge is 0.481 e. The Bertz CT molecular complexity index is 376. The van der Waals surface area contributed by atoms with Crippen LogP contribution in [-0.2, 0) is 4.79 Å². The molecule has 0 aliphatic carbocycles. The zero-order chi connectivity index (χ0) is 14.3. The van der Waals surface area contributed by atoms with Gasteiger partial charge in [-0.3, -0.25) is 4.79 Å². The van der Waals surface area contributed by atoms with Gasteiger partial charge >= 0.3 is 0 Å². The van der Waals surface area contributed by atoms with Gasteiger partial charge in [0.05, 0.1) is 0 Å². The van der Waals surface area contributed by atoms with Crippen LogP contribution < -0.4 is 10.1 Å². The molecule has 0 aliphatic heterocycles. The van der Waals surface area contributed by atoms with Gasteiger partial charge in [-0.05, 0) is 44.7 Å². The molecule has 0 saturated heterocycles. The summed E-state index contributed by atoms with van der Waals surface area (Å²) in [7, 11) is 0. The molecule has 1 aromatic carbocycles. The number of carbonyl (C=O) groups excluding carboxylic acids is 1. The van der Waals surface area contributed by atoms with Crippen molar-refractivity contribution >= 4 is 5.91 Å². The van der Waals surface area contributed by atoms with Crippen molar-refractivity contribution in [1.82, 2.24) is 5.32 Å². The standard InChI is InChI=1S/C16H25NO2/c1-12(2)10-11-13(3)17-16(18)14(4)19-15-8-6-5-7-9-15/h5-9,12-14H,10-11H2,1-4H3,(H,17,18). The van der Waals surface area contributed by atoms with Crippen LogP contribution in [0.4, 0.5) is 0 Å². The van der Waals surface area contributed by atoms with Crippen LogP contribution in [0, 0.1) is 5.92 Å². The van der Waals surface area contributed by atoms with Crippen LogP contribution in [0.3, 0.4) is 0 Å². The lowest BCUT2D eigenvalue weighted by Crippen LogP contribution is -2.41. The Balaban J connectivity index is 2.36. The van der Waals surface area contributed by atoms with Gasteiger partial charge in [0.1, 0.15) is 5.75 Å². The van der Waals surface area contributed by atoms with E-state index in [9.17, 15) is 4.79 Å². The van der Waals surface area contributed by atoms with Crippen LogP contribution in [0.5, 0.6) is 5.75 Å². The summed E-state index contributed by atoms with van der Waals surface area (Å²) in [6, 6.07) is 9.61. The number of amides is 1. The highest BCUT2D eigenvalue weighted by Crippen LogP contribution is 2.11. The monoisotopic (exact) mass is 263 g/mol. The summed E-state index contributed by atoms with van der Waals surface area (Å²) in [6.45, 7) is 8.19.